The summed E-state index contributed by atoms with van der Waals surface area (Å²) < 4.78 is 0. The van der Waals surface area contributed by atoms with Crippen molar-refractivity contribution in [3.8, 4) is 0 Å². The second kappa shape index (κ2) is 5.22. The number of nitrogens with one attached hydrogen (secondary N) is 1. The van der Waals surface area contributed by atoms with Crippen molar-refractivity contribution in [3.05, 3.63) is 17.8 Å². The summed E-state index contributed by atoms with van der Waals surface area (Å²) in [6, 6.07) is 2.69. The van der Waals surface area contributed by atoms with Crippen LogP contribution in [0.1, 0.15) is 39.0 Å². The van der Waals surface area contributed by atoms with Crippen molar-refractivity contribution in [1.82, 2.24) is 9.97 Å². The van der Waals surface area contributed by atoms with E-state index in [2.05, 4.69) is 33.7 Å². The van der Waals surface area contributed by atoms with Gasteiger partial charge in [0.05, 0.1) is 5.39 Å². The van der Waals surface area contributed by atoms with Crippen LogP contribution in [0, 0.1) is 5.92 Å². The van der Waals surface area contributed by atoms with E-state index in [1.165, 1.54) is 37.5 Å². The standard InChI is InChI=1S/C14H19N3S/c1-10-3-2-4-11(6-5-10)17-13-12-7-8-18-14(12)16-9-15-13/h7-11H,2-6H2,1H3,(H,15,16,17). The average Bonchev–Trinajstić information content (AvgIpc) is 2.76. The minimum absolute atomic E-state index is 0.577. The summed E-state index contributed by atoms with van der Waals surface area (Å²) >= 11 is 1.68. The smallest absolute Gasteiger partial charge is 0.138 e. The molecule has 1 saturated carbocycles. The minimum atomic E-state index is 0.577. The third-order valence-electron chi connectivity index (χ3n) is 3.86. The van der Waals surface area contributed by atoms with Crippen molar-refractivity contribution in [3.63, 3.8) is 0 Å². The van der Waals surface area contributed by atoms with E-state index in [0.717, 1.165) is 16.6 Å². The molecule has 1 fully saturated rings. The molecule has 2 atom stereocenters. The molecule has 1 N–H and O–H groups in total. The van der Waals surface area contributed by atoms with Crippen molar-refractivity contribution in [1.29, 1.82) is 0 Å². The van der Waals surface area contributed by atoms with Crippen molar-refractivity contribution in [2.24, 2.45) is 5.92 Å². The highest BCUT2D eigenvalue weighted by molar-refractivity contribution is 7.16. The average molecular weight is 261 g/mol. The highest BCUT2D eigenvalue weighted by atomic mass is 32.1. The molecule has 0 aliphatic heterocycles. The first kappa shape index (κ1) is 11.9. The number of thiophene rings is 1. The van der Waals surface area contributed by atoms with E-state index in [9.17, 15) is 0 Å². The number of hydrogen-bond donors (Lipinski definition) is 1. The zero-order chi connectivity index (χ0) is 12.4. The van der Waals surface area contributed by atoms with Crippen LogP contribution in [0.25, 0.3) is 10.2 Å². The van der Waals surface area contributed by atoms with E-state index in [-0.39, 0.29) is 0 Å². The molecule has 0 saturated heterocycles. The van der Waals surface area contributed by atoms with E-state index in [0.29, 0.717) is 6.04 Å². The summed E-state index contributed by atoms with van der Waals surface area (Å²) in [6.45, 7) is 2.37. The molecular formula is C14H19N3S. The molecule has 0 spiro atoms. The van der Waals surface area contributed by atoms with Gasteiger partial charge in [0.25, 0.3) is 0 Å². The normalized spacial score (nSPS) is 24.9. The molecule has 0 bridgehead atoms. The lowest BCUT2D eigenvalue weighted by Crippen LogP contribution is -2.19. The van der Waals surface area contributed by atoms with Gasteiger partial charge in [0.2, 0.25) is 0 Å². The molecule has 1 aliphatic carbocycles. The van der Waals surface area contributed by atoms with E-state index >= 15 is 0 Å². The van der Waals surface area contributed by atoms with Crippen LogP contribution in [0.15, 0.2) is 17.8 Å². The third kappa shape index (κ3) is 2.48. The Hall–Kier alpha value is -1.16. The molecule has 96 valence electrons. The first-order chi connectivity index (χ1) is 8.83. The second-order valence-corrected chi connectivity index (χ2v) is 6.21. The molecule has 1 aliphatic rings. The van der Waals surface area contributed by atoms with Gasteiger partial charge < -0.3 is 5.32 Å². The van der Waals surface area contributed by atoms with Gasteiger partial charge in [-0.2, -0.15) is 0 Å². The van der Waals surface area contributed by atoms with Gasteiger partial charge in [-0.3, -0.25) is 0 Å². The summed E-state index contributed by atoms with van der Waals surface area (Å²) in [5.41, 5.74) is 0. The van der Waals surface area contributed by atoms with Gasteiger partial charge in [-0.1, -0.05) is 19.8 Å². The minimum Gasteiger partial charge on any atom is -0.367 e. The van der Waals surface area contributed by atoms with E-state index in [4.69, 9.17) is 0 Å². The summed E-state index contributed by atoms with van der Waals surface area (Å²) in [7, 11) is 0. The molecule has 4 heteroatoms. The van der Waals surface area contributed by atoms with Crippen molar-refractivity contribution in [2.75, 3.05) is 5.32 Å². The van der Waals surface area contributed by atoms with Crippen LogP contribution < -0.4 is 5.32 Å². The third-order valence-corrected chi connectivity index (χ3v) is 4.68. The molecule has 0 radical (unpaired) electrons. The number of anilines is 1. The van der Waals surface area contributed by atoms with Crippen LogP contribution in [0.5, 0.6) is 0 Å². The van der Waals surface area contributed by atoms with Gasteiger partial charge in [-0.15, -0.1) is 11.3 Å². The van der Waals surface area contributed by atoms with Gasteiger partial charge in [0, 0.05) is 6.04 Å². The Bertz CT molecular complexity index is 522. The fraction of sp³-hybridized carbons (Fsp3) is 0.571. The predicted octanol–water partition coefficient (Wildman–Crippen LogP) is 4.07. The first-order valence-electron chi connectivity index (χ1n) is 6.77. The van der Waals surface area contributed by atoms with Gasteiger partial charge in [-0.25, -0.2) is 9.97 Å². The summed E-state index contributed by atoms with van der Waals surface area (Å²) in [5, 5.41) is 6.88. The summed E-state index contributed by atoms with van der Waals surface area (Å²) in [5.74, 6) is 1.89. The zero-order valence-corrected chi connectivity index (χ0v) is 11.5. The Morgan fingerprint density at radius 1 is 1.22 bits per heavy atom. The lowest BCUT2D eigenvalue weighted by atomic mass is 10.0. The Morgan fingerprint density at radius 3 is 3.11 bits per heavy atom. The fourth-order valence-corrected chi connectivity index (χ4v) is 3.46. The van der Waals surface area contributed by atoms with Crippen molar-refractivity contribution < 1.29 is 0 Å². The molecular weight excluding hydrogens is 242 g/mol. The topological polar surface area (TPSA) is 37.8 Å². The lowest BCUT2D eigenvalue weighted by molar-refractivity contribution is 0.502. The SMILES string of the molecule is CC1CCCC(Nc2ncnc3sccc23)CC1. The highest BCUT2D eigenvalue weighted by Crippen LogP contribution is 2.28. The summed E-state index contributed by atoms with van der Waals surface area (Å²) in [6.07, 6.45) is 8.22. The number of nitrogens with zero attached hydrogens (tertiary/aromatic N) is 2. The Labute approximate surface area is 112 Å². The first-order valence-corrected chi connectivity index (χ1v) is 7.65. The van der Waals surface area contributed by atoms with Gasteiger partial charge in [0.1, 0.15) is 17.0 Å². The fourth-order valence-electron chi connectivity index (χ4n) is 2.73. The highest BCUT2D eigenvalue weighted by Gasteiger charge is 2.17. The lowest BCUT2D eigenvalue weighted by Gasteiger charge is -2.17. The molecule has 0 amide bonds. The van der Waals surface area contributed by atoms with Crippen LogP contribution in [-0.2, 0) is 0 Å². The quantitative estimate of drug-likeness (QED) is 0.828. The summed E-state index contributed by atoms with van der Waals surface area (Å²) in [4.78, 5) is 9.78. The van der Waals surface area contributed by atoms with Crippen LogP contribution in [0.2, 0.25) is 0 Å². The number of hydrogen-bond acceptors (Lipinski definition) is 4. The molecule has 18 heavy (non-hydrogen) atoms. The maximum atomic E-state index is 4.41. The monoisotopic (exact) mass is 261 g/mol. The number of rotatable bonds is 2. The van der Waals surface area contributed by atoms with Crippen LogP contribution in [0.4, 0.5) is 5.82 Å². The second-order valence-electron chi connectivity index (χ2n) is 5.32. The molecule has 3 nitrogen and oxygen atoms in total. The Balaban J connectivity index is 1.77. The van der Waals surface area contributed by atoms with Gasteiger partial charge in [-0.05, 0) is 36.6 Å². The van der Waals surface area contributed by atoms with E-state index in [1.807, 2.05) is 0 Å². The molecule has 2 unspecified atom stereocenters. The van der Waals surface area contributed by atoms with Crippen LogP contribution >= 0.6 is 11.3 Å². The number of aromatic nitrogens is 2. The largest absolute Gasteiger partial charge is 0.367 e. The van der Waals surface area contributed by atoms with Crippen molar-refractivity contribution >= 4 is 27.4 Å². The Kier molecular flexibility index (Phi) is 3.46. The van der Waals surface area contributed by atoms with Gasteiger partial charge in [0.15, 0.2) is 0 Å². The van der Waals surface area contributed by atoms with E-state index < -0.39 is 0 Å². The Morgan fingerprint density at radius 2 is 2.17 bits per heavy atom. The molecule has 2 aromatic rings. The molecule has 0 aromatic carbocycles. The van der Waals surface area contributed by atoms with E-state index in [1.54, 1.807) is 17.7 Å². The molecule has 2 aromatic heterocycles. The predicted molar refractivity (Wildman–Crippen MR) is 77.1 cm³/mol. The maximum Gasteiger partial charge on any atom is 0.138 e. The number of fused-ring (bicyclic) bond motifs is 1. The maximum absolute atomic E-state index is 4.41. The van der Waals surface area contributed by atoms with Crippen molar-refractivity contribution in [2.45, 2.75) is 45.1 Å². The molecule has 2 heterocycles. The molecule has 3 rings (SSSR count). The zero-order valence-electron chi connectivity index (χ0n) is 10.7. The van der Waals surface area contributed by atoms with Crippen LogP contribution in [-0.4, -0.2) is 16.0 Å². The van der Waals surface area contributed by atoms with Crippen LogP contribution in [0.3, 0.4) is 0 Å². The van der Waals surface area contributed by atoms with Gasteiger partial charge >= 0.3 is 0 Å².